The second kappa shape index (κ2) is 8.73. The first-order valence-electron chi connectivity index (χ1n) is 10.1. The molecule has 1 aromatic carbocycles. The van der Waals surface area contributed by atoms with E-state index in [9.17, 15) is 4.79 Å². The molecule has 0 aliphatic heterocycles. The molecule has 0 atom stereocenters. The smallest absolute Gasteiger partial charge is 0.247 e. The molecule has 0 fully saturated rings. The zero-order valence-corrected chi connectivity index (χ0v) is 19.0. The maximum absolute atomic E-state index is 12.7. The molecule has 166 valence electrons. The Hall–Kier alpha value is -3.62. The molecule has 0 bridgehead atoms. The van der Waals surface area contributed by atoms with Crippen molar-refractivity contribution >= 4 is 46.0 Å². The summed E-state index contributed by atoms with van der Waals surface area (Å²) in [4.78, 5) is 17.1. The van der Waals surface area contributed by atoms with E-state index in [4.69, 9.17) is 27.6 Å². The first kappa shape index (κ1) is 21.2. The topological polar surface area (TPSA) is 90.8 Å². The second-order valence-corrected chi connectivity index (χ2v) is 8.29. The first-order valence-corrected chi connectivity index (χ1v) is 10.9. The molecule has 0 unspecified atom stereocenters. The Kier molecular flexibility index (Phi) is 5.62. The fourth-order valence-corrected chi connectivity index (χ4v) is 4.01. The minimum absolute atomic E-state index is 0.00139. The van der Waals surface area contributed by atoms with Crippen LogP contribution in [0.3, 0.4) is 0 Å². The van der Waals surface area contributed by atoms with Gasteiger partial charge in [0.15, 0.2) is 11.5 Å². The van der Waals surface area contributed by atoms with Gasteiger partial charge in [-0.3, -0.25) is 9.48 Å². The number of aryl methyl sites for hydroxylation is 1. The Labute approximate surface area is 198 Å². The largest absolute Gasteiger partial charge is 0.464 e. The van der Waals surface area contributed by atoms with Crippen LogP contribution in [-0.4, -0.2) is 30.5 Å². The summed E-state index contributed by atoms with van der Waals surface area (Å²) in [6.07, 6.45) is 5.08. The molecule has 0 saturated carbocycles. The van der Waals surface area contributed by atoms with Crippen LogP contribution in [0, 0.1) is 6.92 Å². The summed E-state index contributed by atoms with van der Waals surface area (Å²) in [6.45, 7) is 2.38. The predicted molar refractivity (Wildman–Crippen MR) is 126 cm³/mol. The van der Waals surface area contributed by atoms with Crippen LogP contribution in [0.2, 0.25) is 10.0 Å². The number of fused-ring (bicyclic) bond motifs is 1. The zero-order valence-electron chi connectivity index (χ0n) is 17.5. The van der Waals surface area contributed by atoms with Gasteiger partial charge in [-0.15, -0.1) is 0 Å². The quantitative estimate of drug-likeness (QED) is 0.361. The summed E-state index contributed by atoms with van der Waals surface area (Å²) < 4.78 is 8.83. The van der Waals surface area contributed by atoms with Crippen LogP contribution < -0.4 is 5.32 Å². The lowest BCUT2D eigenvalue weighted by atomic mass is 10.1. The van der Waals surface area contributed by atoms with Crippen LogP contribution in [0.5, 0.6) is 0 Å². The second-order valence-electron chi connectivity index (χ2n) is 7.47. The maximum atomic E-state index is 12.7. The molecule has 1 amide bonds. The van der Waals surface area contributed by atoms with Crippen molar-refractivity contribution in [1.82, 2.24) is 24.5 Å². The van der Waals surface area contributed by atoms with Crippen LogP contribution in [0.25, 0.3) is 22.4 Å². The molecule has 0 spiro atoms. The van der Waals surface area contributed by atoms with E-state index < -0.39 is 0 Å². The Bertz CT molecular complexity index is 1460. The standard InChI is InChI=1S/C23H18Cl2N6O2/c1-14-22-16(19-3-2-10-33-19)6-8-26-23(22)31(28-14)13-21(32)27-20-7-9-30(29-20)12-15-4-5-17(24)18(25)11-15/h2-11H,12-13H2,1H3,(H,27,29,32). The molecular weight excluding hydrogens is 463 g/mol. The van der Waals surface area contributed by atoms with Gasteiger partial charge in [-0.1, -0.05) is 29.3 Å². The molecular formula is C23H18Cl2N6O2. The Morgan fingerprint density at radius 3 is 2.79 bits per heavy atom. The highest BCUT2D eigenvalue weighted by Gasteiger charge is 2.17. The average Bonchev–Trinajstić information content (AvgIpc) is 3.53. The van der Waals surface area contributed by atoms with Gasteiger partial charge in [-0.05, 0) is 42.8 Å². The number of hydrogen-bond donors (Lipinski definition) is 1. The molecule has 4 aromatic heterocycles. The van der Waals surface area contributed by atoms with Crippen LogP contribution in [-0.2, 0) is 17.9 Å². The molecule has 8 nitrogen and oxygen atoms in total. The van der Waals surface area contributed by atoms with Crippen molar-refractivity contribution in [2.24, 2.45) is 0 Å². The summed E-state index contributed by atoms with van der Waals surface area (Å²) in [7, 11) is 0. The molecule has 5 aromatic rings. The van der Waals surface area contributed by atoms with Gasteiger partial charge in [0.2, 0.25) is 5.91 Å². The van der Waals surface area contributed by atoms with E-state index in [0.717, 1.165) is 28.0 Å². The lowest BCUT2D eigenvalue weighted by Crippen LogP contribution is -2.20. The van der Waals surface area contributed by atoms with E-state index in [0.29, 0.717) is 28.1 Å². The van der Waals surface area contributed by atoms with E-state index in [1.807, 2.05) is 31.2 Å². The number of amides is 1. The van der Waals surface area contributed by atoms with Gasteiger partial charge < -0.3 is 9.73 Å². The molecule has 0 radical (unpaired) electrons. The minimum atomic E-state index is -0.260. The van der Waals surface area contributed by atoms with Crippen LogP contribution >= 0.6 is 23.2 Å². The number of anilines is 1. The number of hydrogen-bond acceptors (Lipinski definition) is 5. The number of aromatic nitrogens is 5. The molecule has 0 aliphatic rings. The summed E-state index contributed by atoms with van der Waals surface area (Å²) in [5.74, 6) is 0.906. The maximum Gasteiger partial charge on any atom is 0.247 e. The highest BCUT2D eigenvalue weighted by atomic mass is 35.5. The Morgan fingerprint density at radius 1 is 1.12 bits per heavy atom. The van der Waals surface area contributed by atoms with Gasteiger partial charge in [-0.25, -0.2) is 9.67 Å². The highest BCUT2D eigenvalue weighted by Crippen LogP contribution is 2.30. The van der Waals surface area contributed by atoms with Crippen molar-refractivity contribution in [3.63, 3.8) is 0 Å². The van der Waals surface area contributed by atoms with Gasteiger partial charge in [0.05, 0.1) is 33.9 Å². The molecule has 10 heteroatoms. The third-order valence-electron chi connectivity index (χ3n) is 5.12. The lowest BCUT2D eigenvalue weighted by Gasteiger charge is -2.05. The Balaban J connectivity index is 1.31. The number of pyridine rings is 1. The molecule has 0 aliphatic carbocycles. The summed E-state index contributed by atoms with van der Waals surface area (Å²) in [5, 5.41) is 13.6. The van der Waals surface area contributed by atoms with Crippen molar-refractivity contribution in [2.75, 3.05) is 5.32 Å². The molecule has 33 heavy (non-hydrogen) atoms. The number of nitrogens with one attached hydrogen (secondary N) is 1. The minimum Gasteiger partial charge on any atom is -0.464 e. The molecule has 4 heterocycles. The summed E-state index contributed by atoms with van der Waals surface area (Å²) in [5.41, 5.74) is 3.21. The summed E-state index contributed by atoms with van der Waals surface area (Å²) in [6, 6.07) is 12.7. The van der Waals surface area contributed by atoms with E-state index in [-0.39, 0.29) is 12.5 Å². The van der Waals surface area contributed by atoms with Crippen LogP contribution in [0.4, 0.5) is 5.82 Å². The fourth-order valence-electron chi connectivity index (χ4n) is 3.69. The Morgan fingerprint density at radius 2 is 2.00 bits per heavy atom. The van der Waals surface area contributed by atoms with E-state index in [2.05, 4.69) is 20.5 Å². The SMILES string of the molecule is Cc1nn(CC(=O)Nc2ccn(Cc3ccc(Cl)c(Cl)c3)n2)c2nccc(-c3ccco3)c12. The van der Waals surface area contributed by atoms with Crippen molar-refractivity contribution in [2.45, 2.75) is 20.0 Å². The third-order valence-corrected chi connectivity index (χ3v) is 5.86. The van der Waals surface area contributed by atoms with Crippen molar-refractivity contribution in [3.05, 3.63) is 82.4 Å². The van der Waals surface area contributed by atoms with Crippen LogP contribution in [0.15, 0.2) is 65.5 Å². The van der Waals surface area contributed by atoms with E-state index >= 15 is 0 Å². The number of rotatable bonds is 6. The van der Waals surface area contributed by atoms with Gasteiger partial charge in [-0.2, -0.15) is 10.2 Å². The van der Waals surface area contributed by atoms with E-state index in [1.165, 1.54) is 0 Å². The highest BCUT2D eigenvalue weighted by molar-refractivity contribution is 6.42. The first-order chi connectivity index (χ1) is 16.0. The van der Waals surface area contributed by atoms with Gasteiger partial charge in [0, 0.05) is 24.0 Å². The van der Waals surface area contributed by atoms with E-state index in [1.54, 1.807) is 46.2 Å². The third kappa shape index (κ3) is 4.35. The van der Waals surface area contributed by atoms with Crippen molar-refractivity contribution < 1.29 is 9.21 Å². The predicted octanol–water partition coefficient (Wildman–Crippen LogP) is 5.19. The normalized spacial score (nSPS) is 11.2. The molecule has 1 N–H and O–H groups in total. The van der Waals surface area contributed by atoms with Gasteiger partial charge >= 0.3 is 0 Å². The van der Waals surface area contributed by atoms with Gasteiger partial charge in [0.25, 0.3) is 0 Å². The summed E-state index contributed by atoms with van der Waals surface area (Å²) >= 11 is 12.0. The van der Waals surface area contributed by atoms with Crippen molar-refractivity contribution in [3.8, 4) is 11.3 Å². The van der Waals surface area contributed by atoms with Crippen molar-refractivity contribution in [1.29, 1.82) is 0 Å². The monoisotopic (exact) mass is 480 g/mol. The average molecular weight is 481 g/mol. The number of carbonyl (C=O) groups excluding carboxylic acids is 1. The molecule has 5 rings (SSSR count). The fraction of sp³-hybridized carbons (Fsp3) is 0.130. The number of furan rings is 1. The van der Waals surface area contributed by atoms with Gasteiger partial charge in [0.1, 0.15) is 12.3 Å². The zero-order chi connectivity index (χ0) is 22.9. The lowest BCUT2D eigenvalue weighted by molar-refractivity contribution is -0.116. The number of nitrogens with zero attached hydrogens (tertiary/aromatic N) is 5. The molecule has 0 saturated heterocycles. The van der Waals surface area contributed by atoms with Crippen LogP contribution in [0.1, 0.15) is 11.3 Å². The number of halogens is 2. The number of benzene rings is 1. The number of carbonyl (C=O) groups is 1.